The monoisotopic (exact) mass is 538 g/mol. The summed E-state index contributed by atoms with van der Waals surface area (Å²) in [4.78, 5) is 40.9. The number of aryl methyl sites for hydroxylation is 1. The second-order valence-corrected chi connectivity index (χ2v) is 9.98. The Kier molecular flexibility index (Phi) is 6.41. The van der Waals surface area contributed by atoms with Gasteiger partial charge in [0.2, 0.25) is 0 Å². The van der Waals surface area contributed by atoms with Gasteiger partial charge in [0.1, 0.15) is 17.2 Å². The van der Waals surface area contributed by atoms with Gasteiger partial charge in [0.25, 0.3) is 11.5 Å². The van der Waals surface area contributed by atoms with Crippen LogP contribution in [0.4, 0.5) is 4.39 Å². The van der Waals surface area contributed by atoms with Crippen molar-refractivity contribution in [2.24, 2.45) is 4.99 Å². The Hall–Kier alpha value is -4.80. The van der Waals surface area contributed by atoms with E-state index in [0.717, 1.165) is 22.2 Å². The van der Waals surface area contributed by atoms with Crippen LogP contribution in [0, 0.1) is 18.2 Å². The Balaban J connectivity index is 1.39. The molecule has 40 heavy (non-hydrogen) atoms. The number of halogens is 1. The van der Waals surface area contributed by atoms with E-state index < -0.39 is 0 Å². The minimum absolute atomic E-state index is 0.00485. The third-order valence-corrected chi connectivity index (χ3v) is 7.57. The van der Waals surface area contributed by atoms with Crippen LogP contribution in [0.5, 0.6) is 0 Å². The number of likely N-dealkylation sites (tertiary alicyclic amines) is 1. The molecule has 1 amide bonds. The highest BCUT2D eigenvalue weighted by molar-refractivity contribution is 6.39. The summed E-state index contributed by atoms with van der Waals surface area (Å²) >= 11 is 0. The van der Waals surface area contributed by atoms with Crippen LogP contribution >= 0.6 is 0 Å². The fourth-order valence-electron chi connectivity index (χ4n) is 5.44. The number of amides is 1. The molecule has 0 aliphatic carbocycles. The average Bonchev–Trinajstić information content (AvgIpc) is 3.39. The maximum Gasteiger partial charge on any atom is 0.267 e. The number of nitrogens with zero attached hydrogens (tertiary/aromatic N) is 7. The molecule has 1 aliphatic heterocycles. The lowest BCUT2D eigenvalue weighted by molar-refractivity contribution is -0.125. The number of piperidine rings is 1. The molecule has 5 heterocycles. The Morgan fingerprint density at radius 3 is 2.73 bits per heavy atom. The van der Waals surface area contributed by atoms with Crippen LogP contribution in [0.15, 0.2) is 58.6 Å². The van der Waals surface area contributed by atoms with Gasteiger partial charge in [0, 0.05) is 73.0 Å². The SMILES string of the molecule is CN=CCC(=N)C(=O)N1CCC(n2c(=O)ccc3c(C)n4ncc(-c5cnc6ccc(F)cc6c5)c4nc32)CC1. The zero-order chi connectivity index (χ0) is 28.0. The molecular formula is C29H27FN8O2. The van der Waals surface area contributed by atoms with Gasteiger partial charge in [-0.05, 0) is 50.1 Å². The summed E-state index contributed by atoms with van der Waals surface area (Å²) in [6.07, 6.45) is 6.31. The molecule has 5 aromatic rings. The van der Waals surface area contributed by atoms with Gasteiger partial charge in [-0.2, -0.15) is 5.10 Å². The number of rotatable bonds is 5. The number of nitrogens with one attached hydrogen (secondary N) is 1. The van der Waals surface area contributed by atoms with Crippen LogP contribution in [0.1, 0.15) is 31.0 Å². The summed E-state index contributed by atoms with van der Waals surface area (Å²) in [7, 11) is 1.61. The molecule has 1 aromatic carbocycles. The van der Waals surface area contributed by atoms with Crippen molar-refractivity contribution in [3.63, 3.8) is 0 Å². The predicted molar refractivity (Wildman–Crippen MR) is 152 cm³/mol. The quantitative estimate of drug-likeness (QED) is 0.339. The molecule has 202 valence electrons. The number of hydrogen-bond acceptors (Lipinski definition) is 7. The number of carbonyl (C=O) groups is 1. The van der Waals surface area contributed by atoms with E-state index in [0.29, 0.717) is 48.1 Å². The van der Waals surface area contributed by atoms with Crippen LogP contribution in [0.3, 0.4) is 0 Å². The zero-order valence-electron chi connectivity index (χ0n) is 22.1. The molecule has 1 aliphatic rings. The van der Waals surface area contributed by atoms with Gasteiger partial charge in [-0.15, -0.1) is 0 Å². The first-order chi connectivity index (χ1) is 19.4. The Bertz CT molecular complexity index is 1900. The first-order valence-electron chi connectivity index (χ1n) is 13.1. The van der Waals surface area contributed by atoms with Crippen LogP contribution in [-0.4, -0.2) is 67.0 Å². The van der Waals surface area contributed by atoms with E-state index in [1.54, 1.807) is 57.8 Å². The molecule has 0 saturated carbocycles. The van der Waals surface area contributed by atoms with Crippen molar-refractivity contribution in [1.29, 1.82) is 5.41 Å². The Labute approximate surface area is 228 Å². The standard InChI is InChI=1S/C29H27FN8O2/c1-17-22-4-6-26(39)37(21-8-11-36(12-9-21)29(40)24(31)7-10-32-2)27(22)35-28-23(16-34-38(17)28)19-13-18-14-20(30)3-5-25(18)33-15-19/h3-6,10,13-16,21,31H,7-9,11-12H2,1-2H3. The molecule has 1 saturated heterocycles. The number of aromatic nitrogens is 5. The maximum atomic E-state index is 13.9. The molecule has 0 atom stereocenters. The first kappa shape index (κ1) is 25.5. The topological polar surface area (TPSA) is 122 Å². The molecule has 1 fully saturated rings. The van der Waals surface area contributed by atoms with E-state index in [2.05, 4.69) is 15.1 Å². The zero-order valence-corrected chi connectivity index (χ0v) is 22.1. The van der Waals surface area contributed by atoms with Gasteiger partial charge in [0.05, 0.1) is 17.4 Å². The minimum atomic E-state index is -0.338. The maximum absolute atomic E-state index is 13.9. The van der Waals surface area contributed by atoms with E-state index >= 15 is 0 Å². The van der Waals surface area contributed by atoms with Crippen LogP contribution in [0.25, 0.3) is 38.7 Å². The van der Waals surface area contributed by atoms with Crippen molar-refractivity contribution in [3.05, 3.63) is 70.7 Å². The van der Waals surface area contributed by atoms with Gasteiger partial charge in [-0.1, -0.05) is 0 Å². The summed E-state index contributed by atoms with van der Waals surface area (Å²) < 4.78 is 17.4. The van der Waals surface area contributed by atoms with E-state index in [1.807, 2.05) is 13.0 Å². The molecule has 10 nitrogen and oxygen atoms in total. The van der Waals surface area contributed by atoms with Crippen molar-refractivity contribution in [2.75, 3.05) is 20.1 Å². The highest BCUT2D eigenvalue weighted by Gasteiger charge is 2.28. The molecular weight excluding hydrogens is 511 g/mol. The fraction of sp³-hybridized carbons (Fsp3) is 0.276. The Morgan fingerprint density at radius 1 is 1.15 bits per heavy atom. The molecule has 0 spiro atoms. The highest BCUT2D eigenvalue weighted by Crippen LogP contribution is 2.30. The number of carbonyl (C=O) groups excluding carboxylic acids is 1. The predicted octanol–water partition coefficient (Wildman–Crippen LogP) is 3.98. The lowest BCUT2D eigenvalue weighted by Crippen LogP contribution is -2.43. The third kappa shape index (κ3) is 4.33. The van der Waals surface area contributed by atoms with Crippen LogP contribution in [-0.2, 0) is 4.79 Å². The third-order valence-electron chi connectivity index (χ3n) is 7.57. The highest BCUT2D eigenvalue weighted by atomic mass is 19.1. The van der Waals surface area contributed by atoms with Crippen molar-refractivity contribution in [2.45, 2.75) is 32.2 Å². The lowest BCUT2D eigenvalue weighted by Gasteiger charge is -2.33. The summed E-state index contributed by atoms with van der Waals surface area (Å²) in [5, 5.41) is 14.1. The van der Waals surface area contributed by atoms with E-state index in [1.165, 1.54) is 12.1 Å². The second-order valence-electron chi connectivity index (χ2n) is 9.98. The van der Waals surface area contributed by atoms with Gasteiger partial charge in [0.15, 0.2) is 5.65 Å². The van der Waals surface area contributed by atoms with Gasteiger partial charge >= 0.3 is 0 Å². The van der Waals surface area contributed by atoms with Crippen molar-refractivity contribution >= 4 is 45.4 Å². The minimum Gasteiger partial charge on any atom is -0.337 e. The normalized spacial score (nSPS) is 14.6. The van der Waals surface area contributed by atoms with Gasteiger partial charge < -0.3 is 9.89 Å². The molecule has 0 radical (unpaired) electrons. The van der Waals surface area contributed by atoms with E-state index in [4.69, 9.17) is 10.4 Å². The van der Waals surface area contributed by atoms with E-state index in [-0.39, 0.29) is 35.5 Å². The summed E-state index contributed by atoms with van der Waals surface area (Å²) in [5.74, 6) is -0.637. The van der Waals surface area contributed by atoms with Crippen molar-refractivity contribution in [3.8, 4) is 11.1 Å². The molecule has 4 aromatic heterocycles. The van der Waals surface area contributed by atoms with E-state index in [9.17, 15) is 14.0 Å². The first-order valence-corrected chi connectivity index (χ1v) is 13.1. The van der Waals surface area contributed by atoms with Crippen LogP contribution < -0.4 is 5.56 Å². The summed E-state index contributed by atoms with van der Waals surface area (Å²) in [5.41, 5.74) is 3.94. The van der Waals surface area contributed by atoms with Crippen molar-refractivity contribution < 1.29 is 9.18 Å². The number of fused-ring (bicyclic) bond motifs is 3. The summed E-state index contributed by atoms with van der Waals surface area (Å²) in [6, 6.07) is 9.49. The fourth-order valence-corrected chi connectivity index (χ4v) is 5.44. The second kappa shape index (κ2) is 10.1. The Morgan fingerprint density at radius 2 is 1.95 bits per heavy atom. The van der Waals surface area contributed by atoms with Gasteiger partial charge in [-0.3, -0.25) is 24.5 Å². The molecule has 6 rings (SSSR count). The number of aliphatic imine (C=N–C) groups is 1. The van der Waals surface area contributed by atoms with Crippen molar-refractivity contribution in [1.82, 2.24) is 29.0 Å². The largest absolute Gasteiger partial charge is 0.337 e. The molecule has 0 bridgehead atoms. The van der Waals surface area contributed by atoms with Gasteiger partial charge in [-0.25, -0.2) is 13.9 Å². The van der Waals surface area contributed by atoms with Crippen LogP contribution in [0.2, 0.25) is 0 Å². The number of benzene rings is 1. The smallest absolute Gasteiger partial charge is 0.267 e. The molecule has 1 N–H and O–H groups in total. The number of pyridine rings is 2. The lowest BCUT2D eigenvalue weighted by atomic mass is 10.0. The summed E-state index contributed by atoms with van der Waals surface area (Å²) in [6.45, 7) is 2.82. The average molecular weight is 539 g/mol. The molecule has 11 heteroatoms. The molecule has 0 unspecified atom stereocenters. The number of hydrogen-bond donors (Lipinski definition) is 1.